The fraction of sp³-hybridized carbons (Fsp3) is 0.875. The minimum absolute atomic E-state index is 0.739. The van der Waals surface area contributed by atoms with Crippen molar-refractivity contribution < 1.29 is 0 Å². The largest absolute Gasteiger partial charge is 0.0814 e. The van der Waals surface area contributed by atoms with E-state index in [0.29, 0.717) is 0 Å². The molecular weight excluding hydrogens is 192 g/mol. The van der Waals surface area contributed by atoms with Gasteiger partial charge >= 0.3 is 0 Å². The van der Waals surface area contributed by atoms with Gasteiger partial charge in [-0.15, -0.1) is 0 Å². The van der Waals surface area contributed by atoms with Crippen LogP contribution in [-0.4, -0.2) is 0 Å². The van der Waals surface area contributed by atoms with Crippen molar-refractivity contribution in [1.82, 2.24) is 0 Å². The van der Waals surface area contributed by atoms with E-state index in [1.807, 2.05) is 0 Å². The average molecular weight is 222 g/mol. The van der Waals surface area contributed by atoms with Gasteiger partial charge in [-0.1, -0.05) is 59.6 Å². The Kier molecular flexibility index (Phi) is 5.08. The van der Waals surface area contributed by atoms with E-state index in [0.717, 1.165) is 29.6 Å². The van der Waals surface area contributed by atoms with Crippen molar-refractivity contribution in [3.63, 3.8) is 0 Å². The molecule has 1 aliphatic carbocycles. The Bertz CT molecular complexity index is 234. The Morgan fingerprint density at radius 1 is 1.12 bits per heavy atom. The van der Waals surface area contributed by atoms with Gasteiger partial charge in [-0.05, 0) is 42.4 Å². The average Bonchev–Trinajstić information content (AvgIpc) is 2.57. The molecule has 3 atom stereocenters. The molecule has 0 saturated carbocycles. The zero-order valence-corrected chi connectivity index (χ0v) is 12.1. The minimum Gasteiger partial charge on any atom is -0.0814 e. The first-order valence-electron chi connectivity index (χ1n) is 7.24. The third kappa shape index (κ3) is 2.70. The smallest absolute Gasteiger partial charge is 0.0143 e. The Labute approximate surface area is 103 Å². The van der Waals surface area contributed by atoms with E-state index < -0.39 is 0 Å². The number of hydrogen-bond acceptors (Lipinski definition) is 0. The van der Waals surface area contributed by atoms with Gasteiger partial charge in [0.05, 0.1) is 0 Å². The van der Waals surface area contributed by atoms with Crippen molar-refractivity contribution in [1.29, 1.82) is 0 Å². The summed E-state index contributed by atoms with van der Waals surface area (Å²) in [6.07, 6.45) is 6.69. The molecule has 0 fully saturated rings. The normalized spacial score (nSPS) is 30.2. The molecule has 1 rings (SSSR count). The predicted molar refractivity (Wildman–Crippen MR) is 73.4 cm³/mol. The lowest BCUT2D eigenvalue weighted by Crippen LogP contribution is -2.23. The zero-order valence-electron chi connectivity index (χ0n) is 12.1. The molecule has 0 heteroatoms. The standard InChI is InChI=1S/C16H30/c1-7-9-14-13(8-2)10-15(11(3)4)16(14)12(5)6/h10-14,16H,7-9H2,1-6H3. The van der Waals surface area contributed by atoms with Crippen LogP contribution in [0.3, 0.4) is 0 Å². The molecule has 0 bridgehead atoms. The highest BCUT2D eigenvalue weighted by Crippen LogP contribution is 2.46. The van der Waals surface area contributed by atoms with E-state index in [1.165, 1.54) is 19.3 Å². The Hall–Kier alpha value is -0.260. The van der Waals surface area contributed by atoms with E-state index in [4.69, 9.17) is 0 Å². The second-order valence-corrected chi connectivity index (χ2v) is 6.12. The third-order valence-electron chi connectivity index (χ3n) is 4.28. The third-order valence-corrected chi connectivity index (χ3v) is 4.28. The van der Waals surface area contributed by atoms with Crippen molar-refractivity contribution in [2.24, 2.45) is 29.6 Å². The maximum absolute atomic E-state index is 2.62. The van der Waals surface area contributed by atoms with Gasteiger partial charge in [-0.2, -0.15) is 0 Å². The molecule has 0 aliphatic heterocycles. The van der Waals surface area contributed by atoms with Crippen LogP contribution in [0.5, 0.6) is 0 Å². The van der Waals surface area contributed by atoms with Crippen LogP contribution >= 0.6 is 0 Å². The summed E-state index contributed by atoms with van der Waals surface area (Å²) in [5.74, 6) is 4.17. The first kappa shape index (κ1) is 13.8. The highest BCUT2D eigenvalue weighted by atomic mass is 14.4. The lowest BCUT2D eigenvalue weighted by atomic mass is 9.74. The molecule has 1 aliphatic rings. The summed E-state index contributed by atoms with van der Waals surface area (Å²) in [5.41, 5.74) is 1.75. The van der Waals surface area contributed by atoms with Crippen LogP contribution in [0.2, 0.25) is 0 Å². The van der Waals surface area contributed by atoms with Gasteiger partial charge in [-0.25, -0.2) is 0 Å². The quantitative estimate of drug-likeness (QED) is 0.554. The van der Waals surface area contributed by atoms with Crippen molar-refractivity contribution >= 4 is 0 Å². The Balaban J connectivity index is 2.92. The van der Waals surface area contributed by atoms with E-state index in [9.17, 15) is 0 Å². The Morgan fingerprint density at radius 2 is 1.75 bits per heavy atom. The molecule has 0 amide bonds. The Morgan fingerprint density at radius 3 is 2.12 bits per heavy atom. The highest BCUT2D eigenvalue weighted by molar-refractivity contribution is 5.21. The van der Waals surface area contributed by atoms with Crippen LogP contribution in [0, 0.1) is 29.6 Å². The summed E-state index contributed by atoms with van der Waals surface area (Å²) >= 11 is 0. The summed E-state index contributed by atoms with van der Waals surface area (Å²) in [5, 5.41) is 0. The van der Waals surface area contributed by atoms with Gasteiger partial charge < -0.3 is 0 Å². The molecule has 0 aromatic rings. The topological polar surface area (TPSA) is 0 Å². The minimum atomic E-state index is 0.739. The molecule has 0 N–H and O–H groups in total. The lowest BCUT2D eigenvalue weighted by molar-refractivity contribution is 0.237. The van der Waals surface area contributed by atoms with Crippen LogP contribution in [0.4, 0.5) is 0 Å². The molecule has 0 spiro atoms. The van der Waals surface area contributed by atoms with Gasteiger partial charge in [0.25, 0.3) is 0 Å². The van der Waals surface area contributed by atoms with Crippen molar-refractivity contribution in [3.8, 4) is 0 Å². The van der Waals surface area contributed by atoms with Crippen LogP contribution in [0.25, 0.3) is 0 Å². The lowest BCUT2D eigenvalue weighted by Gasteiger charge is -2.30. The highest BCUT2D eigenvalue weighted by Gasteiger charge is 2.37. The van der Waals surface area contributed by atoms with Gasteiger partial charge in [0.15, 0.2) is 0 Å². The predicted octanol–water partition coefficient (Wildman–Crippen LogP) is 5.30. The first-order chi connectivity index (χ1) is 7.52. The summed E-state index contributed by atoms with van der Waals surface area (Å²) < 4.78 is 0. The SMILES string of the molecule is CCCC1C(CC)C=C(C(C)C)C1C(C)C. The fourth-order valence-corrected chi connectivity index (χ4v) is 3.60. The van der Waals surface area contributed by atoms with E-state index in [2.05, 4.69) is 47.6 Å². The first-order valence-corrected chi connectivity index (χ1v) is 7.24. The van der Waals surface area contributed by atoms with Crippen LogP contribution in [-0.2, 0) is 0 Å². The monoisotopic (exact) mass is 222 g/mol. The summed E-state index contributed by atoms with van der Waals surface area (Å²) in [6, 6.07) is 0. The fourth-order valence-electron chi connectivity index (χ4n) is 3.60. The van der Waals surface area contributed by atoms with Gasteiger partial charge in [-0.3, -0.25) is 0 Å². The second kappa shape index (κ2) is 5.89. The number of allylic oxidation sites excluding steroid dienone is 2. The van der Waals surface area contributed by atoms with Gasteiger partial charge in [0.1, 0.15) is 0 Å². The number of hydrogen-bond donors (Lipinski definition) is 0. The molecule has 0 aromatic heterocycles. The van der Waals surface area contributed by atoms with Gasteiger partial charge in [0, 0.05) is 0 Å². The van der Waals surface area contributed by atoms with Crippen molar-refractivity contribution in [2.45, 2.75) is 60.8 Å². The van der Waals surface area contributed by atoms with Crippen molar-refractivity contribution in [3.05, 3.63) is 11.6 Å². The molecule has 3 unspecified atom stereocenters. The summed E-state index contributed by atoms with van der Waals surface area (Å²) in [7, 11) is 0. The van der Waals surface area contributed by atoms with Crippen molar-refractivity contribution in [2.75, 3.05) is 0 Å². The number of rotatable bonds is 5. The van der Waals surface area contributed by atoms with Crippen LogP contribution in [0.1, 0.15) is 60.8 Å². The molecule has 0 heterocycles. The van der Waals surface area contributed by atoms with E-state index in [-0.39, 0.29) is 0 Å². The van der Waals surface area contributed by atoms with Crippen LogP contribution < -0.4 is 0 Å². The van der Waals surface area contributed by atoms with E-state index >= 15 is 0 Å². The summed E-state index contributed by atoms with van der Waals surface area (Å²) in [6.45, 7) is 14.2. The maximum atomic E-state index is 2.62. The summed E-state index contributed by atoms with van der Waals surface area (Å²) in [4.78, 5) is 0. The molecule has 0 nitrogen and oxygen atoms in total. The molecule has 0 aromatic carbocycles. The van der Waals surface area contributed by atoms with Gasteiger partial charge in [0.2, 0.25) is 0 Å². The molecular formula is C16H30. The maximum Gasteiger partial charge on any atom is -0.0143 e. The second-order valence-electron chi connectivity index (χ2n) is 6.12. The van der Waals surface area contributed by atoms with E-state index in [1.54, 1.807) is 5.57 Å². The molecule has 0 radical (unpaired) electrons. The molecule has 94 valence electrons. The molecule has 16 heavy (non-hydrogen) atoms. The zero-order chi connectivity index (χ0) is 12.3. The van der Waals surface area contributed by atoms with Crippen LogP contribution in [0.15, 0.2) is 11.6 Å². The molecule has 0 saturated heterocycles.